The smallest absolute Gasteiger partial charge is 0.358 e. The molecule has 0 aromatic carbocycles. The molecule has 1 rings (SSSR count). The van der Waals surface area contributed by atoms with Crippen LogP contribution in [0.25, 0.3) is 0 Å². The number of ether oxygens (including phenoxy) is 1. The van der Waals surface area contributed by atoms with Gasteiger partial charge in [-0.3, -0.25) is 10.1 Å². The molecule has 24 heavy (non-hydrogen) atoms. The van der Waals surface area contributed by atoms with Crippen LogP contribution >= 0.6 is 11.3 Å². The molecule has 3 N–H and O–H groups in total. The first kappa shape index (κ1) is 19.6. The number of nitrogens with one attached hydrogen (secondary N) is 3. The molecule has 0 fully saturated rings. The third kappa shape index (κ3) is 7.73. The number of carbonyl (C=O) groups excluding carboxylic acids is 3. The highest BCUT2D eigenvalue weighted by Gasteiger charge is 2.15. The van der Waals surface area contributed by atoms with Gasteiger partial charge >= 0.3 is 12.0 Å². The number of rotatable bonds is 9. The summed E-state index contributed by atoms with van der Waals surface area (Å²) in [6, 6.07) is -0.679. The summed E-state index contributed by atoms with van der Waals surface area (Å²) in [6.07, 6.45) is 2.46. The fourth-order valence-electron chi connectivity index (χ4n) is 1.49. The summed E-state index contributed by atoms with van der Waals surface area (Å²) in [5, 5.41) is 9.68. The summed E-state index contributed by atoms with van der Waals surface area (Å²) >= 11 is 1.29. The van der Waals surface area contributed by atoms with E-state index in [1.165, 1.54) is 17.4 Å². The lowest BCUT2D eigenvalue weighted by Crippen LogP contribution is -2.41. The maximum atomic E-state index is 11.8. The lowest BCUT2D eigenvalue weighted by atomic mass is 10.1. The van der Waals surface area contributed by atoms with E-state index in [-0.39, 0.29) is 12.2 Å². The Morgan fingerprint density at radius 2 is 2.17 bits per heavy atom. The van der Waals surface area contributed by atoms with Gasteiger partial charge in [-0.2, -0.15) is 0 Å². The van der Waals surface area contributed by atoms with Crippen molar-refractivity contribution >= 4 is 34.4 Å². The molecule has 132 valence electrons. The minimum Gasteiger partial charge on any atom is -0.451 e. The highest BCUT2D eigenvalue weighted by atomic mass is 32.1. The van der Waals surface area contributed by atoms with Gasteiger partial charge in [0.1, 0.15) is 0 Å². The fourth-order valence-corrected chi connectivity index (χ4v) is 2.20. The third-order valence-corrected chi connectivity index (χ3v) is 3.51. The van der Waals surface area contributed by atoms with Crippen molar-refractivity contribution in [3.8, 4) is 0 Å². The predicted molar refractivity (Wildman–Crippen MR) is 92.1 cm³/mol. The summed E-state index contributed by atoms with van der Waals surface area (Å²) in [7, 11) is 0. The number of aromatic nitrogens is 1. The van der Waals surface area contributed by atoms with Gasteiger partial charge in [-0.25, -0.2) is 14.6 Å². The van der Waals surface area contributed by atoms with E-state index in [1.807, 2.05) is 5.32 Å². The van der Waals surface area contributed by atoms with Gasteiger partial charge in [0.15, 0.2) is 17.4 Å². The first-order valence-corrected chi connectivity index (χ1v) is 8.35. The molecule has 0 saturated heterocycles. The Morgan fingerprint density at radius 1 is 1.42 bits per heavy atom. The van der Waals surface area contributed by atoms with E-state index in [2.05, 4.69) is 36.0 Å². The van der Waals surface area contributed by atoms with E-state index in [0.29, 0.717) is 11.0 Å². The molecule has 1 aromatic heterocycles. The van der Waals surface area contributed by atoms with Crippen LogP contribution < -0.4 is 16.0 Å². The van der Waals surface area contributed by atoms with Gasteiger partial charge < -0.3 is 15.4 Å². The molecule has 9 heteroatoms. The minimum absolute atomic E-state index is 0.121. The van der Waals surface area contributed by atoms with E-state index in [9.17, 15) is 14.4 Å². The SMILES string of the molecule is C=CCNC(=O)NC(=O)COC(=O)c1csc(NCCC(C)C)n1. The Kier molecular flexibility index (Phi) is 8.48. The molecule has 8 nitrogen and oxygen atoms in total. The van der Waals surface area contributed by atoms with Crippen LogP contribution in [0.5, 0.6) is 0 Å². The molecule has 0 aliphatic rings. The van der Waals surface area contributed by atoms with Crippen molar-refractivity contribution in [1.82, 2.24) is 15.6 Å². The standard InChI is InChI=1S/C15H22N4O4S/c1-4-6-16-14(22)19-12(20)8-23-13(21)11-9-24-15(18-11)17-7-5-10(2)3/h4,9-10H,1,5-8H2,2-3H3,(H,17,18)(H2,16,19,20,22). The molecule has 0 spiro atoms. The third-order valence-electron chi connectivity index (χ3n) is 2.71. The van der Waals surface area contributed by atoms with Crippen molar-refractivity contribution in [2.24, 2.45) is 5.92 Å². The van der Waals surface area contributed by atoms with Gasteiger partial charge in [0.25, 0.3) is 5.91 Å². The molecule has 0 aliphatic carbocycles. The number of urea groups is 1. The lowest BCUT2D eigenvalue weighted by Gasteiger charge is -2.05. The van der Waals surface area contributed by atoms with E-state index in [0.717, 1.165) is 13.0 Å². The molecule has 3 amide bonds. The van der Waals surface area contributed by atoms with Crippen molar-refractivity contribution in [3.63, 3.8) is 0 Å². The molecule has 0 radical (unpaired) electrons. The van der Waals surface area contributed by atoms with Crippen LogP contribution in [-0.4, -0.2) is 42.6 Å². The highest BCUT2D eigenvalue weighted by Crippen LogP contribution is 2.16. The van der Waals surface area contributed by atoms with Crippen molar-refractivity contribution < 1.29 is 19.1 Å². The molecular formula is C15H22N4O4S. The van der Waals surface area contributed by atoms with Crippen molar-refractivity contribution in [2.45, 2.75) is 20.3 Å². The second-order valence-electron chi connectivity index (χ2n) is 5.27. The number of amides is 3. The van der Waals surface area contributed by atoms with Gasteiger partial charge in [0.2, 0.25) is 0 Å². The number of anilines is 1. The zero-order valence-electron chi connectivity index (χ0n) is 13.8. The number of imide groups is 1. The van der Waals surface area contributed by atoms with Crippen LogP contribution in [0.3, 0.4) is 0 Å². The average Bonchev–Trinajstić information content (AvgIpc) is 2.99. The van der Waals surface area contributed by atoms with Crippen LogP contribution in [0.1, 0.15) is 30.8 Å². The Balaban J connectivity index is 2.34. The number of hydrogen-bond donors (Lipinski definition) is 3. The summed E-state index contributed by atoms with van der Waals surface area (Å²) in [4.78, 5) is 38.6. The molecule has 0 saturated carbocycles. The number of esters is 1. The zero-order chi connectivity index (χ0) is 17.9. The van der Waals surface area contributed by atoms with Crippen LogP contribution in [0.2, 0.25) is 0 Å². The van der Waals surface area contributed by atoms with Crippen LogP contribution in [0.4, 0.5) is 9.93 Å². The summed E-state index contributed by atoms with van der Waals surface area (Å²) in [5.41, 5.74) is 0.121. The maximum Gasteiger partial charge on any atom is 0.358 e. The van der Waals surface area contributed by atoms with E-state index in [1.54, 1.807) is 5.38 Å². The second-order valence-corrected chi connectivity index (χ2v) is 6.13. The first-order valence-electron chi connectivity index (χ1n) is 7.47. The average molecular weight is 354 g/mol. The second kappa shape index (κ2) is 10.4. The van der Waals surface area contributed by atoms with Crippen molar-refractivity contribution in [1.29, 1.82) is 0 Å². The van der Waals surface area contributed by atoms with Gasteiger partial charge in [0, 0.05) is 18.5 Å². The van der Waals surface area contributed by atoms with E-state index < -0.39 is 24.5 Å². The number of hydrogen-bond acceptors (Lipinski definition) is 7. The topological polar surface area (TPSA) is 109 Å². The van der Waals surface area contributed by atoms with Gasteiger partial charge in [-0.15, -0.1) is 17.9 Å². The van der Waals surface area contributed by atoms with Crippen LogP contribution in [0.15, 0.2) is 18.0 Å². The number of thiazole rings is 1. The fraction of sp³-hybridized carbons (Fsp3) is 0.467. The summed E-state index contributed by atoms with van der Waals surface area (Å²) < 4.78 is 4.82. The molecule has 0 bridgehead atoms. The number of nitrogens with zero attached hydrogens (tertiary/aromatic N) is 1. The molecule has 1 aromatic rings. The maximum absolute atomic E-state index is 11.8. The van der Waals surface area contributed by atoms with Gasteiger partial charge in [0.05, 0.1) is 0 Å². The van der Waals surface area contributed by atoms with E-state index >= 15 is 0 Å². The quantitative estimate of drug-likeness (QED) is 0.460. The molecule has 0 atom stereocenters. The highest BCUT2D eigenvalue weighted by molar-refractivity contribution is 7.13. The molecular weight excluding hydrogens is 332 g/mol. The Labute approximate surface area is 144 Å². The molecule has 1 heterocycles. The lowest BCUT2D eigenvalue weighted by molar-refractivity contribution is -0.123. The Morgan fingerprint density at radius 3 is 2.83 bits per heavy atom. The molecule has 0 unspecified atom stereocenters. The monoisotopic (exact) mass is 354 g/mol. The van der Waals surface area contributed by atoms with Gasteiger partial charge in [-0.05, 0) is 12.3 Å². The largest absolute Gasteiger partial charge is 0.451 e. The van der Waals surface area contributed by atoms with Crippen LogP contribution in [0, 0.1) is 5.92 Å². The molecule has 0 aliphatic heterocycles. The van der Waals surface area contributed by atoms with E-state index in [4.69, 9.17) is 4.74 Å². The summed E-state index contributed by atoms with van der Waals surface area (Å²) in [6.45, 7) is 8.10. The summed E-state index contributed by atoms with van der Waals surface area (Å²) in [5.74, 6) is -0.871. The first-order chi connectivity index (χ1) is 11.4. The number of carbonyl (C=O) groups is 3. The normalized spacial score (nSPS) is 10.1. The van der Waals surface area contributed by atoms with Crippen molar-refractivity contribution in [2.75, 3.05) is 25.0 Å². The van der Waals surface area contributed by atoms with Crippen LogP contribution in [-0.2, 0) is 9.53 Å². The minimum atomic E-state index is -0.726. The predicted octanol–water partition coefficient (Wildman–Crippen LogP) is 1.77. The zero-order valence-corrected chi connectivity index (χ0v) is 14.6. The Bertz CT molecular complexity index is 586. The van der Waals surface area contributed by atoms with Gasteiger partial charge in [-0.1, -0.05) is 19.9 Å². The van der Waals surface area contributed by atoms with Crippen molar-refractivity contribution in [3.05, 3.63) is 23.7 Å². The Hall–Kier alpha value is -2.42.